The van der Waals surface area contributed by atoms with Gasteiger partial charge in [-0.05, 0) is 62.7 Å². The molecule has 6 heteroatoms. The Labute approximate surface area is 149 Å². The van der Waals surface area contributed by atoms with Crippen LogP contribution in [0.3, 0.4) is 0 Å². The van der Waals surface area contributed by atoms with Crippen LogP contribution >= 0.6 is 23.7 Å². The molecule has 4 nitrogen and oxygen atoms in total. The summed E-state index contributed by atoms with van der Waals surface area (Å²) < 4.78 is 0. The Kier molecular flexibility index (Phi) is 7.34. The minimum atomic E-state index is 0. The van der Waals surface area contributed by atoms with E-state index < -0.39 is 0 Å². The van der Waals surface area contributed by atoms with Crippen molar-refractivity contribution in [3.8, 4) is 0 Å². The smallest absolute Gasteiger partial charge is 0.237 e. The maximum atomic E-state index is 12.3. The quantitative estimate of drug-likeness (QED) is 0.851. The highest BCUT2D eigenvalue weighted by Gasteiger charge is 2.27. The SMILES string of the molecule is CC1CCN(C(CNC(=O)C2CCCN2)c2cccs2)CC1.Cl. The van der Waals surface area contributed by atoms with Gasteiger partial charge in [0.1, 0.15) is 0 Å². The van der Waals surface area contributed by atoms with Gasteiger partial charge in [0.2, 0.25) is 5.91 Å². The third-order valence-corrected chi connectivity index (χ3v) is 5.95. The predicted octanol–water partition coefficient (Wildman–Crippen LogP) is 2.81. The van der Waals surface area contributed by atoms with Crippen molar-refractivity contribution in [3.63, 3.8) is 0 Å². The first kappa shape index (κ1) is 18.7. The minimum Gasteiger partial charge on any atom is -0.353 e. The molecule has 1 amide bonds. The number of nitrogens with zero attached hydrogens (tertiary/aromatic N) is 1. The number of piperidine rings is 1. The number of halogens is 1. The molecule has 2 N–H and O–H groups in total. The molecule has 0 radical (unpaired) electrons. The maximum Gasteiger partial charge on any atom is 0.237 e. The molecule has 1 aromatic rings. The predicted molar refractivity (Wildman–Crippen MR) is 98.3 cm³/mol. The molecular formula is C17H28ClN3OS. The van der Waals surface area contributed by atoms with Gasteiger partial charge in [0.05, 0.1) is 12.1 Å². The topological polar surface area (TPSA) is 44.4 Å². The van der Waals surface area contributed by atoms with Crippen LogP contribution in [0.15, 0.2) is 17.5 Å². The molecule has 0 spiro atoms. The van der Waals surface area contributed by atoms with Crippen LogP contribution in [0.5, 0.6) is 0 Å². The van der Waals surface area contributed by atoms with Gasteiger partial charge in [0.25, 0.3) is 0 Å². The van der Waals surface area contributed by atoms with Gasteiger partial charge in [-0.2, -0.15) is 0 Å². The van der Waals surface area contributed by atoms with E-state index in [0.29, 0.717) is 6.04 Å². The van der Waals surface area contributed by atoms with Crippen molar-refractivity contribution < 1.29 is 4.79 Å². The molecule has 3 rings (SSSR count). The Hall–Kier alpha value is -0.620. The number of thiophene rings is 1. The van der Waals surface area contributed by atoms with Gasteiger partial charge in [-0.25, -0.2) is 0 Å². The van der Waals surface area contributed by atoms with Crippen LogP contribution in [0.2, 0.25) is 0 Å². The van der Waals surface area contributed by atoms with Gasteiger partial charge in [0.15, 0.2) is 0 Å². The molecule has 2 saturated heterocycles. The van der Waals surface area contributed by atoms with Crippen LogP contribution < -0.4 is 10.6 Å². The van der Waals surface area contributed by atoms with Crippen LogP contribution in [0.4, 0.5) is 0 Å². The summed E-state index contributed by atoms with van der Waals surface area (Å²) in [4.78, 5) is 16.2. The van der Waals surface area contributed by atoms with E-state index in [1.807, 2.05) is 0 Å². The van der Waals surface area contributed by atoms with E-state index in [1.165, 1.54) is 17.7 Å². The number of likely N-dealkylation sites (tertiary alicyclic amines) is 1. The lowest BCUT2D eigenvalue weighted by Gasteiger charge is -2.36. The van der Waals surface area contributed by atoms with E-state index >= 15 is 0 Å². The lowest BCUT2D eigenvalue weighted by atomic mass is 9.97. The van der Waals surface area contributed by atoms with Crippen molar-refractivity contribution in [3.05, 3.63) is 22.4 Å². The molecule has 0 bridgehead atoms. The highest BCUT2D eigenvalue weighted by atomic mass is 35.5. The summed E-state index contributed by atoms with van der Waals surface area (Å²) in [5.74, 6) is 1.00. The summed E-state index contributed by atoms with van der Waals surface area (Å²) in [6, 6.07) is 4.66. The third kappa shape index (κ3) is 4.92. The first-order valence-corrected chi connectivity index (χ1v) is 9.40. The molecule has 3 heterocycles. The average Bonchev–Trinajstić information content (AvgIpc) is 3.22. The van der Waals surface area contributed by atoms with E-state index in [2.05, 4.69) is 40.0 Å². The van der Waals surface area contributed by atoms with Crippen LogP contribution in [0.1, 0.15) is 43.5 Å². The zero-order valence-corrected chi connectivity index (χ0v) is 15.4. The standard InChI is InChI=1S/C17H27N3OS.ClH/c1-13-6-9-20(10-7-13)15(16-5-3-11-22-16)12-19-17(21)14-4-2-8-18-14;/h3,5,11,13-15,18H,2,4,6-10,12H2,1H3,(H,19,21);1H. The molecule has 0 aromatic carbocycles. The number of carbonyl (C=O) groups excluding carboxylic acids is 1. The molecule has 0 aliphatic carbocycles. The second kappa shape index (κ2) is 9.02. The number of nitrogens with one attached hydrogen (secondary N) is 2. The summed E-state index contributed by atoms with van der Waals surface area (Å²) in [7, 11) is 0. The van der Waals surface area contributed by atoms with E-state index in [4.69, 9.17) is 0 Å². The Morgan fingerprint density at radius 3 is 2.83 bits per heavy atom. The van der Waals surface area contributed by atoms with Crippen molar-refractivity contribution >= 4 is 29.7 Å². The number of amides is 1. The summed E-state index contributed by atoms with van der Waals surface area (Å²) >= 11 is 1.80. The van der Waals surface area contributed by atoms with Crippen LogP contribution in [0.25, 0.3) is 0 Å². The Morgan fingerprint density at radius 1 is 1.43 bits per heavy atom. The van der Waals surface area contributed by atoms with Crippen LogP contribution in [-0.2, 0) is 4.79 Å². The molecule has 0 saturated carbocycles. The number of hydrogen-bond acceptors (Lipinski definition) is 4. The lowest BCUT2D eigenvalue weighted by Crippen LogP contribution is -2.45. The van der Waals surface area contributed by atoms with Gasteiger partial charge >= 0.3 is 0 Å². The van der Waals surface area contributed by atoms with E-state index in [9.17, 15) is 4.79 Å². The molecule has 23 heavy (non-hydrogen) atoms. The normalized spacial score (nSPS) is 24.1. The molecule has 2 fully saturated rings. The van der Waals surface area contributed by atoms with E-state index in [0.717, 1.165) is 44.9 Å². The van der Waals surface area contributed by atoms with Crippen molar-refractivity contribution in [1.29, 1.82) is 0 Å². The maximum absolute atomic E-state index is 12.3. The molecule has 2 aliphatic rings. The van der Waals surface area contributed by atoms with Crippen LogP contribution in [0, 0.1) is 5.92 Å². The van der Waals surface area contributed by atoms with Gasteiger partial charge in [0, 0.05) is 11.4 Å². The molecule has 1 aromatic heterocycles. The Balaban J connectivity index is 0.00000192. The Morgan fingerprint density at radius 2 is 2.22 bits per heavy atom. The van der Waals surface area contributed by atoms with Crippen molar-refractivity contribution in [2.45, 2.75) is 44.7 Å². The number of carbonyl (C=O) groups is 1. The van der Waals surface area contributed by atoms with Gasteiger partial charge < -0.3 is 10.6 Å². The lowest BCUT2D eigenvalue weighted by molar-refractivity contribution is -0.123. The fourth-order valence-electron chi connectivity index (χ4n) is 3.46. The Bertz CT molecular complexity index is 468. The highest BCUT2D eigenvalue weighted by molar-refractivity contribution is 7.10. The zero-order chi connectivity index (χ0) is 15.4. The van der Waals surface area contributed by atoms with Gasteiger partial charge in [-0.15, -0.1) is 23.7 Å². The van der Waals surface area contributed by atoms with Crippen molar-refractivity contribution in [2.24, 2.45) is 5.92 Å². The second-order valence-corrected chi connectivity index (χ2v) is 7.62. The molecule has 130 valence electrons. The summed E-state index contributed by atoms with van der Waals surface area (Å²) in [5.41, 5.74) is 0. The fourth-order valence-corrected chi connectivity index (χ4v) is 4.32. The largest absolute Gasteiger partial charge is 0.353 e. The van der Waals surface area contributed by atoms with E-state index in [1.54, 1.807) is 11.3 Å². The third-order valence-electron chi connectivity index (χ3n) is 4.98. The first-order valence-electron chi connectivity index (χ1n) is 8.52. The average molecular weight is 358 g/mol. The summed E-state index contributed by atoms with van der Waals surface area (Å²) in [5, 5.41) is 8.60. The molecular weight excluding hydrogens is 330 g/mol. The monoisotopic (exact) mass is 357 g/mol. The molecule has 2 aliphatic heterocycles. The van der Waals surface area contributed by atoms with Crippen LogP contribution in [-0.4, -0.2) is 43.0 Å². The summed E-state index contributed by atoms with van der Waals surface area (Å²) in [6.07, 6.45) is 4.60. The second-order valence-electron chi connectivity index (χ2n) is 6.64. The minimum absolute atomic E-state index is 0. The van der Waals surface area contributed by atoms with E-state index in [-0.39, 0.29) is 24.4 Å². The zero-order valence-electron chi connectivity index (χ0n) is 13.8. The van der Waals surface area contributed by atoms with Gasteiger partial charge in [-0.3, -0.25) is 9.69 Å². The van der Waals surface area contributed by atoms with Gasteiger partial charge in [-0.1, -0.05) is 13.0 Å². The number of hydrogen-bond donors (Lipinski definition) is 2. The first-order chi connectivity index (χ1) is 10.7. The summed E-state index contributed by atoms with van der Waals surface area (Å²) in [6.45, 7) is 6.32. The molecule has 2 atom stereocenters. The van der Waals surface area contributed by atoms with Crippen molar-refractivity contribution in [1.82, 2.24) is 15.5 Å². The molecule has 2 unspecified atom stereocenters. The fraction of sp³-hybridized carbons (Fsp3) is 0.706. The number of rotatable bonds is 5. The highest BCUT2D eigenvalue weighted by Crippen LogP contribution is 2.29. The van der Waals surface area contributed by atoms with Crippen molar-refractivity contribution in [2.75, 3.05) is 26.2 Å².